The predicted octanol–water partition coefficient (Wildman–Crippen LogP) is 3.91. The molecule has 0 amide bonds. The van der Waals surface area contributed by atoms with Gasteiger partial charge in [0.25, 0.3) is 0 Å². The standard InChI is InChI=1S/C16H22FN3O/c1-3-10-6-4-5-7-13(10)20-14-9-15(21-2)11(17)8-12(14)19-16(20)18/h8-10,13H,3-7H2,1-2H3,(H2,18,19). The van der Waals surface area contributed by atoms with Crippen molar-refractivity contribution in [2.75, 3.05) is 12.8 Å². The average Bonchev–Trinajstić information content (AvgIpc) is 2.80. The lowest BCUT2D eigenvalue weighted by molar-refractivity contribution is 0.239. The molecule has 0 saturated heterocycles. The molecule has 5 heteroatoms. The fraction of sp³-hybridized carbons (Fsp3) is 0.562. The van der Waals surface area contributed by atoms with Gasteiger partial charge in [0.1, 0.15) is 0 Å². The minimum atomic E-state index is -0.398. The number of fused-ring (bicyclic) bond motifs is 1. The Morgan fingerprint density at radius 3 is 2.86 bits per heavy atom. The highest BCUT2D eigenvalue weighted by Crippen LogP contribution is 2.40. The van der Waals surface area contributed by atoms with Crippen molar-refractivity contribution in [3.05, 3.63) is 17.9 Å². The Kier molecular flexibility index (Phi) is 3.74. The van der Waals surface area contributed by atoms with E-state index < -0.39 is 5.82 Å². The Bertz CT molecular complexity index is 652. The van der Waals surface area contributed by atoms with Gasteiger partial charge in [0.05, 0.1) is 18.1 Å². The van der Waals surface area contributed by atoms with Crippen LogP contribution in [-0.4, -0.2) is 16.7 Å². The number of nitrogen functional groups attached to an aromatic ring is 1. The van der Waals surface area contributed by atoms with Crippen molar-refractivity contribution in [1.82, 2.24) is 9.55 Å². The number of rotatable bonds is 3. The Morgan fingerprint density at radius 2 is 2.14 bits per heavy atom. The van der Waals surface area contributed by atoms with E-state index in [4.69, 9.17) is 10.5 Å². The molecule has 1 heterocycles. The Hall–Kier alpha value is -1.78. The predicted molar refractivity (Wildman–Crippen MR) is 81.9 cm³/mol. The van der Waals surface area contributed by atoms with Gasteiger partial charge < -0.3 is 15.0 Å². The van der Waals surface area contributed by atoms with E-state index in [-0.39, 0.29) is 5.75 Å². The largest absolute Gasteiger partial charge is 0.494 e. The van der Waals surface area contributed by atoms with Gasteiger partial charge in [-0.1, -0.05) is 26.2 Å². The maximum atomic E-state index is 13.8. The van der Waals surface area contributed by atoms with Crippen molar-refractivity contribution >= 4 is 17.0 Å². The summed E-state index contributed by atoms with van der Waals surface area (Å²) in [7, 11) is 1.48. The molecule has 0 spiro atoms. The molecule has 1 saturated carbocycles. The third-order valence-corrected chi connectivity index (χ3v) is 4.72. The van der Waals surface area contributed by atoms with Gasteiger partial charge in [0.2, 0.25) is 5.95 Å². The fourth-order valence-electron chi connectivity index (χ4n) is 3.62. The van der Waals surface area contributed by atoms with E-state index in [1.165, 1.54) is 32.4 Å². The number of ether oxygens (including phenoxy) is 1. The molecular weight excluding hydrogens is 269 g/mol. The van der Waals surface area contributed by atoms with Gasteiger partial charge >= 0.3 is 0 Å². The first-order valence-electron chi connectivity index (χ1n) is 7.66. The first-order chi connectivity index (χ1) is 10.2. The number of anilines is 1. The molecule has 0 aliphatic heterocycles. The molecule has 0 bridgehead atoms. The number of hydrogen-bond donors (Lipinski definition) is 1. The highest BCUT2D eigenvalue weighted by molar-refractivity contribution is 5.80. The number of imidazole rings is 1. The summed E-state index contributed by atoms with van der Waals surface area (Å²) in [6.45, 7) is 2.22. The van der Waals surface area contributed by atoms with Crippen molar-refractivity contribution in [1.29, 1.82) is 0 Å². The van der Waals surface area contributed by atoms with Crippen LogP contribution in [-0.2, 0) is 0 Å². The number of halogens is 1. The summed E-state index contributed by atoms with van der Waals surface area (Å²) < 4.78 is 21.0. The van der Waals surface area contributed by atoms with Crippen molar-refractivity contribution < 1.29 is 9.13 Å². The van der Waals surface area contributed by atoms with Crippen LogP contribution in [0.15, 0.2) is 12.1 Å². The summed E-state index contributed by atoms with van der Waals surface area (Å²) in [6, 6.07) is 3.48. The fourth-order valence-corrected chi connectivity index (χ4v) is 3.62. The first-order valence-corrected chi connectivity index (χ1v) is 7.66. The molecule has 21 heavy (non-hydrogen) atoms. The zero-order chi connectivity index (χ0) is 15.0. The minimum Gasteiger partial charge on any atom is -0.494 e. The third-order valence-electron chi connectivity index (χ3n) is 4.72. The normalized spacial score (nSPS) is 22.6. The van der Waals surface area contributed by atoms with Crippen LogP contribution in [0.2, 0.25) is 0 Å². The summed E-state index contributed by atoms with van der Waals surface area (Å²) in [5.41, 5.74) is 7.61. The van der Waals surface area contributed by atoms with Gasteiger partial charge in [-0.2, -0.15) is 0 Å². The van der Waals surface area contributed by atoms with Crippen molar-refractivity contribution in [2.24, 2.45) is 5.92 Å². The summed E-state index contributed by atoms with van der Waals surface area (Å²) >= 11 is 0. The molecule has 114 valence electrons. The zero-order valence-electron chi connectivity index (χ0n) is 12.6. The van der Waals surface area contributed by atoms with Gasteiger partial charge in [-0.25, -0.2) is 9.37 Å². The maximum absolute atomic E-state index is 13.8. The van der Waals surface area contributed by atoms with Gasteiger partial charge in [-0.15, -0.1) is 0 Å². The van der Waals surface area contributed by atoms with E-state index in [0.717, 1.165) is 18.4 Å². The van der Waals surface area contributed by atoms with Crippen LogP contribution in [0.4, 0.5) is 10.3 Å². The smallest absolute Gasteiger partial charge is 0.201 e. The topological polar surface area (TPSA) is 53.1 Å². The number of benzene rings is 1. The van der Waals surface area contributed by atoms with Gasteiger partial charge in [0.15, 0.2) is 11.6 Å². The number of methoxy groups -OCH3 is 1. The van der Waals surface area contributed by atoms with E-state index >= 15 is 0 Å². The molecule has 2 N–H and O–H groups in total. The van der Waals surface area contributed by atoms with E-state index in [1.54, 1.807) is 6.07 Å². The van der Waals surface area contributed by atoms with Crippen LogP contribution in [0, 0.1) is 11.7 Å². The van der Waals surface area contributed by atoms with Crippen LogP contribution in [0.25, 0.3) is 11.0 Å². The lowest BCUT2D eigenvalue weighted by Crippen LogP contribution is -2.24. The van der Waals surface area contributed by atoms with Crippen LogP contribution in [0.5, 0.6) is 5.75 Å². The van der Waals surface area contributed by atoms with Gasteiger partial charge in [0, 0.05) is 18.2 Å². The second-order valence-corrected chi connectivity index (χ2v) is 5.84. The molecule has 2 aromatic rings. The monoisotopic (exact) mass is 291 g/mol. The Balaban J connectivity index is 2.14. The summed E-state index contributed by atoms with van der Waals surface area (Å²) in [5.74, 6) is 0.926. The number of nitrogens with two attached hydrogens (primary N) is 1. The molecule has 0 radical (unpaired) electrons. The molecule has 1 aliphatic rings. The van der Waals surface area contributed by atoms with E-state index in [0.29, 0.717) is 23.4 Å². The highest BCUT2D eigenvalue weighted by Gasteiger charge is 2.28. The zero-order valence-corrected chi connectivity index (χ0v) is 12.6. The SMILES string of the molecule is CCC1CCCCC1n1c(N)nc2cc(F)c(OC)cc21. The molecule has 4 nitrogen and oxygen atoms in total. The number of aromatic nitrogens is 2. The molecule has 2 unspecified atom stereocenters. The summed E-state index contributed by atoms with van der Waals surface area (Å²) in [4.78, 5) is 4.34. The number of nitrogens with zero attached hydrogens (tertiary/aromatic N) is 2. The van der Waals surface area contributed by atoms with Gasteiger partial charge in [-0.05, 0) is 18.8 Å². The maximum Gasteiger partial charge on any atom is 0.201 e. The van der Waals surface area contributed by atoms with Crippen LogP contribution < -0.4 is 10.5 Å². The summed E-state index contributed by atoms with van der Waals surface area (Å²) in [6.07, 6.45) is 5.94. The van der Waals surface area contributed by atoms with Crippen LogP contribution in [0.1, 0.15) is 45.1 Å². The minimum absolute atomic E-state index is 0.243. The Morgan fingerprint density at radius 1 is 1.38 bits per heavy atom. The van der Waals surface area contributed by atoms with Crippen molar-refractivity contribution in [3.63, 3.8) is 0 Å². The number of hydrogen-bond acceptors (Lipinski definition) is 3. The molecule has 2 atom stereocenters. The van der Waals surface area contributed by atoms with Gasteiger partial charge in [-0.3, -0.25) is 0 Å². The molecule has 3 rings (SSSR count). The quantitative estimate of drug-likeness (QED) is 0.933. The van der Waals surface area contributed by atoms with Crippen LogP contribution in [0.3, 0.4) is 0 Å². The second-order valence-electron chi connectivity index (χ2n) is 5.84. The molecule has 1 aromatic heterocycles. The summed E-state index contributed by atoms with van der Waals surface area (Å²) in [5, 5.41) is 0. The average molecular weight is 291 g/mol. The van der Waals surface area contributed by atoms with E-state index in [2.05, 4.69) is 16.5 Å². The van der Waals surface area contributed by atoms with Crippen molar-refractivity contribution in [2.45, 2.75) is 45.1 Å². The Labute approximate surface area is 124 Å². The lowest BCUT2D eigenvalue weighted by Gasteiger charge is -2.32. The van der Waals surface area contributed by atoms with E-state index in [9.17, 15) is 4.39 Å². The molecule has 1 aromatic carbocycles. The van der Waals surface area contributed by atoms with Crippen LogP contribution >= 0.6 is 0 Å². The molecule has 1 fully saturated rings. The molecular formula is C16H22FN3O. The second kappa shape index (κ2) is 5.54. The highest BCUT2D eigenvalue weighted by atomic mass is 19.1. The molecule has 1 aliphatic carbocycles. The third kappa shape index (κ3) is 2.34. The van der Waals surface area contributed by atoms with E-state index in [1.807, 2.05) is 0 Å². The lowest BCUT2D eigenvalue weighted by atomic mass is 9.82. The first kappa shape index (κ1) is 14.2. The van der Waals surface area contributed by atoms with Crippen molar-refractivity contribution in [3.8, 4) is 5.75 Å².